The molecule has 4 heteroatoms. The highest BCUT2D eigenvalue weighted by Crippen LogP contribution is 2.43. The summed E-state index contributed by atoms with van der Waals surface area (Å²) in [4.78, 5) is 5.06. The second-order valence-electron chi connectivity index (χ2n) is 7.05. The van der Waals surface area contributed by atoms with Gasteiger partial charge in [0, 0.05) is 35.8 Å². The quantitative estimate of drug-likeness (QED) is 0.822. The molecule has 134 valence electrons. The van der Waals surface area contributed by atoms with Gasteiger partial charge in [-0.15, -0.1) is 0 Å². The van der Waals surface area contributed by atoms with Crippen molar-refractivity contribution in [2.75, 3.05) is 40.4 Å². The van der Waals surface area contributed by atoms with Crippen molar-refractivity contribution in [2.45, 2.75) is 52.1 Å². The number of methoxy groups -OCH3 is 2. The molecule has 1 aromatic rings. The Balaban J connectivity index is 1.99. The summed E-state index contributed by atoms with van der Waals surface area (Å²) >= 11 is 0. The van der Waals surface area contributed by atoms with Crippen molar-refractivity contribution in [3.63, 3.8) is 0 Å². The molecular weight excluding hydrogens is 300 g/mol. The van der Waals surface area contributed by atoms with Crippen LogP contribution in [0.5, 0.6) is 11.5 Å². The van der Waals surface area contributed by atoms with Crippen LogP contribution in [-0.4, -0.2) is 50.2 Å². The Labute approximate surface area is 146 Å². The summed E-state index contributed by atoms with van der Waals surface area (Å²) in [5.41, 5.74) is 3.97. The molecule has 3 rings (SSSR count). The maximum atomic E-state index is 5.90. The van der Waals surface area contributed by atoms with Gasteiger partial charge in [0.2, 0.25) is 0 Å². The van der Waals surface area contributed by atoms with E-state index in [1.54, 1.807) is 7.11 Å². The largest absolute Gasteiger partial charge is 0.496 e. The van der Waals surface area contributed by atoms with Crippen molar-refractivity contribution in [1.82, 2.24) is 9.80 Å². The van der Waals surface area contributed by atoms with Crippen LogP contribution in [0.3, 0.4) is 0 Å². The Morgan fingerprint density at radius 3 is 2.46 bits per heavy atom. The first-order valence-corrected chi connectivity index (χ1v) is 9.42. The molecule has 24 heavy (non-hydrogen) atoms. The van der Waals surface area contributed by atoms with Crippen molar-refractivity contribution in [3.05, 3.63) is 22.8 Å². The first-order chi connectivity index (χ1) is 11.7. The standard InChI is InChI=1S/C20H32N2O2/c1-5-22-12-9-17-19(15(22)2)18(23-3)13-16(20(17)24-4)14-21-10-7-6-8-11-21/h13,15H,5-12,14H2,1-4H3. The Kier molecular flexibility index (Phi) is 5.67. The normalized spacial score (nSPS) is 22.2. The summed E-state index contributed by atoms with van der Waals surface area (Å²) in [7, 11) is 3.61. The summed E-state index contributed by atoms with van der Waals surface area (Å²) in [6.07, 6.45) is 5.03. The first kappa shape index (κ1) is 17.6. The molecule has 0 amide bonds. The molecule has 1 saturated heterocycles. The van der Waals surface area contributed by atoms with Crippen LogP contribution in [0.2, 0.25) is 0 Å². The predicted molar refractivity (Wildman–Crippen MR) is 98.0 cm³/mol. The highest BCUT2D eigenvalue weighted by atomic mass is 16.5. The van der Waals surface area contributed by atoms with Crippen LogP contribution in [-0.2, 0) is 13.0 Å². The van der Waals surface area contributed by atoms with E-state index in [-0.39, 0.29) is 0 Å². The minimum atomic E-state index is 0.381. The number of fused-ring (bicyclic) bond motifs is 1. The van der Waals surface area contributed by atoms with Crippen LogP contribution in [0.25, 0.3) is 0 Å². The van der Waals surface area contributed by atoms with Gasteiger partial charge < -0.3 is 9.47 Å². The number of nitrogens with zero attached hydrogens (tertiary/aromatic N) is 2. The lowest BCUT2D eigenvalue weighted by Crippen LogP contribution is -2.35. The van der Waals surface area contributed by atoms with Gasteiger partial charge in [-0.25, -0.2) is 0 Å². The number of ether oxygens (including phenoxy) is 2. The fourth-order valence-electron chi connectivity index (χ4n) is 4.44. The lowest BCUT2D eigenvalue weighted by atomic mass is 9.89. The number of hydrogen-bond acceptors (Lipinski definition) is 4. The van der Waals surface area contributed by atoms with Crippen LogP contribution in [0.15, 0.2) is 6.07 Å². The molecule has 0 spiro atoms. The predicted octanol–water partition coefficient (Wildman–Crippen LogP) is 3.63. The topological polar surface area (TPSA) is 24.9 Å². The van der Waals surface area contributed by atoms with Crippen LogP contribution in [0.4, 0.5) is 0 Å². The van der Waals surface area contributed by atoms with Crippen LogP contribution < -0.4 is 9.47 Å². The number of likely N-dealkylation sites (N-methyl/N-ethyl adjacent to an activating group) is 1. The number of hydrogen-bond donors (Lipinski definition) is 0. The van der Waals surface area contributed by atoms with E-state index in [4.69, 9.17) is 9.47 Å². The Hall–Kier alpha value is -1.26. The summed E-state index contributed by atoms with van der Waals surface area (Å²) in [5, 5.41) is 0. The van der Waals surface area contributed by atoms with Gasteiger partial charge in [-0.1, -0.05) is 13.3 Å². The van der Waals surface area contributed by atoms with E-state index in [1.165, 1.54) is 49.0 Å². The fourth-order valence-corrected chi connectivity index (χ4v) is 4.44. The zero-order valence-corrected chi connectivity index (χ0v) is 15.7. The van der Waals surface area contributed by atoms with Gasteiger partial charge in [0.25, 0.3) is 0 Å². The molecule has 2 aliphatic heterocycles. The highest BCUT2D eigenvalue weighted by Gasteiger charge is 2.30. The van der Waals surface area contributed by atoms with Crippen molar-refractivity contribution < 1.29 is 9.47 Å². The third-order valence-corrected chi connectivity index (χ3v) is 5.75. The third-order valence-electron chi connectivity index (χ3n) is 5.75. The van der Waals surface area contributed by atoms with E-state index < -0.39 is 0 Å². The Morgan fingerprint density at radius 1 is 1.08 bits per heavy atom. The van der Waals surface area contributed by atoms with Crippen LogP contribution in [0, 0.1) is 0 Å². The lowest BCUT2D eigenvalue weighted by molar-refractivity contribution is 0.199. The third kappa shape index (κ3) is 3.27. The molecule has 0 radical (unpaired) electrons. The number of benzene rings is 1. The second-order valence-corrected chi connectivity index (χ2v) is 7.05. The second kappa shape index (κ2) is 7.75. The Bertz CT molecular complexity index is 567. The molecule has 1 atom stereocenters. The molecule has 1 fully saturated rings. The molecule has 2 heterocycles. The van der Waals surface area contributed by atoms with Gasteiger partial charge in [-0.05, 0) is 51.9 Å². The number of rotatable bonds is 5. The maximum absolute atomic E-state index is 5.90. The van der Waals surface area contributed by atoms with Gasteiger partial charge in [0.05, 0.1) is 14.2 Å². The van der Waals surface area contributed by atoms with Crippen molar-refractivity contribution in [2.24, 2.45) is 0 Å². The van der Waals surface area contributed by atoms with E-state index in [1.807, 2.05) is 7.11 Å². The molecule has 0 aromatic heterocycles. The monoisotopic (exact) mass is 332 g/mol. The van der Waals surface area contributed by atoms with Crippen molar-refractivity contribution in [1.29, 1.82) is 0 Å². The van der Waals surface area contributed by atoms with Gasteiger partial charge in [-0.2, -0.15) is 0 Å². The lowest BCUT2D eigenvalue weighted by Gasteiger charge is -2.37. The zero-order chi connectivity index (χ0) is 17.1. The summed E-state index contributed by atoms with van der Waals surface area (Å²) in [6, 6.07) is 2.61. The number of piperidine rings is 1. The van der Waals surface area contributed by atoms with Gasteiger partial charge in [-0.3, -0.25) is 9.80 Å². The van der Waals surface area contributed by atoms with E-state index in [9.17, 15) is 0 Å². The summed E-state index contributed by atoms with van der Waals surface area (Å²) < 4.78 is 11.7. The molecular formula is C20H32N2O2. The van der Waals surface area contributed by atoms with Crippen LogP contribution >= 0.6 is 0 Å². The van der Waals surface area contributed by atoms with E-state index in [0.717, 1.165) is 37.6 Å². The van der Waals surface area contributed by atoms with Crippen molar-refractivity contribution >= 4 is 0 Å². The SMILES string of the molecule is CCN1CCc2c(OC)c(CN3CCCCC3)cc(OC)c2C1C. The zero-order valence-electron chi connectivity index (χ0n) is 15.7. The minimum absolute atomic E-state index is 0.381. The molecule has 0 bridgehead atoms. The van der Waals surface area contributed by atoms with Gasteiger partial charge in [0.15, 0.2) is 0 Å². The molecule has 4 nitrogen and oxygen atoms in total. The number of likely N-dealkylation sites (tertiary alicyclic amines) is 1. The average Bonchev–Trinajstić information content (AvgIpc) is 2.62. The summed E-state index contributed by atoms with van der Waals surface area (Å²) in [6.45, 7) is 10.0. The molecule has 1 aromatic carbocycles. The smallest absolute Gasteiger partial charge is 0.127 e. The van der Waals surface area contributed by atoms with Crippen LogP contribution in [0.1, 0.15) is 55.8 Å². The molecule has 0 aliphatic carbocycles. The minimum Gasteiger partial charge on any atom is -0.496 e. The molecule has 0 N–H and O–H groups in total. The highest BCUT2D eigenvalue weighted by molar-refractivity contribution is 5.56. The summed E-state index contributed by atoms with van der Waals surface area (Å²) in [5.74, 6) is 2.13. The first-order valence-electron chi connectivity index (χ1n) is 9.42. The van der Waals surface area contributed by atoms with E-state index in [0.29, 0.717) is 6.04 Å². The fraction of sp³-hybridized carbons (Fsp3) is 0.700. The maximum Gasteiger partial charge on any atom is 0.127 e. The average molecular weight is 332 g/mol. The Morgan fingerprint density at radius 2 is 1.83 bits per heavy atom. The molecule has 0 saturated carbocycles. The van der Waals surface area contributed by atoms with Gasteiger partial charge in [0.1, 0.15) is 11.5 Å². The van der Waals surface area contributed by atoms with E-state index >= 15 is 0 Å². The molecule has 2 aliphatic rings. The van der Waals surface area contributed by atoms with Crippen molar-refractivity contribution in [3.8, 4) is 11.5 Å². The molecule has 1 unspecified atom stereocenters. The van der Waals surface area contributed by atoms with E-state index in [2.05, 4.69) is 29.7 Å². The van der Waals surface area contributed by atoms with Gasteiger partial charge >= 0.3 is 0 Å².